The lowest BCUT2D eigenvalue weighted by molar-refractivity contribution is 0.0991. The van der Waals surface area contributed by atoms with Gasteiger partial charge in [0.25, 0.3) is 0 Å². The highest BCUT2D eigenvalue weighted by Crippen LogP contribution is 2.22. The van der Waals surface area contributed by atoms with E-state index in [0.717, 1.165) is 39.4 Å². The van der Waals surface area contributed by atoms with Crippen LogP contribution in [-0.2, 0) is 11.3 Å². The van der Waals surface area contributed by atoms with Crippen LogP contribution < -0.4 is 5.32 Å². The Hall–Kier alpha value is -0.390. The van der Waals surface area contributed by atoms with Gasteiger partial charge in [0.15, 0.2) is 0 Å². The van der Waals surface area contributed by atoms with Crippen LogP contribution in [0.5, 0.6) is 0 Å². The number of fused-ring (bicyclic) bond motifs is 1. The van der Waals surface area contributed by atoms with Crippen molar-refractivity contribution in [3.05, 3.63) is 30.1 Å². The first kappa shape index (κ1) is 17.7. The molecule has 2 atom stereocenters. The molecule has 4 nitrogen and oxygen atoms in total. The second-order valence-electron chi connectivity index (χ2n) is 5.23. The normalized spacial score (nSPS) is 26.6. The first-order valence-corrected chi connectivity index (χ1v) is 6.85. The third-order valence-electron chi connectivity index (χ3n) is 4.02. The van der Waals surface area contributed by atoms with E-state index in [9.17, 15) is 0 Å². The van der Waals surface area contributed by atoms with Crippen LogP contribution in [0.4, 0.5) is 0 Å². The van der Waals surface area contributed by atoms with Crippen molar-refractivity contribution in [2.24, 2.45) is 5.92 Å². The van der Waals surface area contributed by atoms with Crippen molar-refractivity contribution in [1.82, 2.24) is 15.2 Å². The molecule has 0 bridgehead atoms. The van der Waals surface area contributed by atoms with Gasteiger partial charge in [-0.25, -0.2) is 0 Å². The third kappa shape index (κ3) is 4.30. The maximum absolute atomic E-state index is 5.75. The number of pyridine rings is 1. The summed E-state index contributed by atoms with van der Waals surface area (Å²) in [6.07, 6.45) is 5.03. The monoisotopic (exact) mass is 319 g/mol. The third-order valence-corrected chi connectivity index (χ3v) is 4.02. The maximum Gasteiger partial charge on any atom is 0.0593 e. The summed E-state index contributed by atoms with van der Waals surface area (Å²) in [6, 6.07) is 4.78. The molecular formula is C14H23Cl2N3O. The minimum Gasteiger partial charge on any atom is -0.380 e. The van der Waals surface area contributed by atoms with Crippen molar-refractivity contribution in [2.45, 2.75) is 19.0 Å². The smallest absolute Gasteiger partial charge is 0.0593 e. The minimum absolute atomic E-state index is 0. The zero-order chi connectivity index (χ0) is 12.2. The molecule has 20 heavy (non-hydrogen) atoms. The fourth-order valence-electron chi connectivity index (χ4n) is 3.02. The number of rotatable bonds is 2. The summed E-state index contributed by atoms with van der Waals surface area (Å²) >= 11 is 0. The Morgan fingerprint density at radius 3 is 3.10 bits per heavy atom. The van der Waals surface area contributed by atoms with Crippen LogP contribution in [0.25, 0.3) is 0 Å². The number of nitrogens with one attached hydrogen (secondary N) is 1. The molecule has 3 rings (SSSR count). The predicted molar refractivity (Wildman–Crippen MR) is 84.7 cm³/mol. The summed E-state index contributed by atoms with van der Waals surface area (Å²) in [5, 5.41) is 3.51. The van der Waals surface area contributed by atoms with E-state index in [1.165, 1.54) is 12.0 Å². The number of hydrogen-bond acceptors (Lipinski definition) is 4. The van der Waals surface area contributed by atoms with Gasteiger partial charge in [-0.1, -0.05) is 6.07 Å². The van der Waals surface area contributed by atoms with Gasteiger partial charge >= 0.3 is 0 Å². The molecule has 0 spiro atoms. The van der Waals surface area contributed by atoms with E-state index in [2.05, 4.69) is 21.3 Å². The fourth-order valence-corrected chi connectivity index (χ4v) is 3.02. The number of hydrogen-bond donors (Lipinski definition) is 1. The van der Waals surface area contributed by atoms with Crippen molar-refractivity contribution in [1.29, 1.82) is 0 Å². The predicted octanol–water partition coefficient (Wildman–Crippen LogP) is 1.74. The Kier molecular flexibility index (Phi) is 7.77. The second kappa shape index (κ2) is 8.80. The largest absolute Gasteiger partial charge is 0.380 e. The van der Waals surface area contributed by atoms with Gasteiger partial charge < -0.3 is 10.1 Å². The summed E-state index contributed by atoms with van der Waals surface area (Å²) in [5.74, 6) is 0.686. The van der Waals surface area contributed by atoms with Gasteiger partial charge in [-0.3, -0.25) is 9.88 Å². The molecule has 1 aromatic rings. The zero-order valence-corrected chi connectivity index (χ0v) is 13.2. The molecule has 0 radical (unpaired) electrons. The number of aromatic nitrogens is 1. The molecular weight excluding hydrogens is 297 g/mol. The van der Waals surface area contributed by atoms with E-state index in [-0.39, 0.29) is 24.8 Å². The fraction of sp³-hybridized carbons (Fsp3) is 0.643. The van der Waals surface area contributed by atoms with E-state index in [1.807, 2.05) is 18.5 Å². The molecule has 2 saturated heterocycles. The Balaban J connectivity index is 0.000001000. The summed E-state index contributed by atoms with van der Waals surface area (Å²) in [6.45, 7) is 6.01. The van der Waals surface area contributed by atoms with Crippen molar-refractivity contribution >= 4 is 24.8 Å². The number of halogens is 2. The first-order valence-electron chi connectivity index (χ1n) is 6.85. The molecule has 0 amide bonds. The summed E-state index contributed by atoms with van der Waals surface area (Å²) < 4.78 is 5.75. The Labute approximate surface area is 133 Å². The number of piperidine rings is 1. The van der Waals surface area contributed by atoms with Gasteiger partial charge in [-0.05, 0) is 24.6 Å². The second-order valence-corrected chi connectivity index (χ2v) is 5.23. The average molecular weight is 320 g/mol. The molecule has 0 aromatic carbocycles. The van der Waals surface area contributed by atoms with Gasteiger partial charge in [-0.2, -0.15) is 0 Å². The molecule has 6 heteroatoms. The van der Waals surface area contributed by atoms with Crippen LogP contribution in [-0.4, -0.2) is 48.8 Å². The Morgan fingerprint density at radius 1 is 1.40 bits per heavy atom. The topological polar surface area (TPSA) is 37.4 Å². The molecule has 1 aromatic heterocycles. The lowest BCUT2D eigenvalue weighted by Gasteiger charge is -2.37. The highest BCUT2D eigenvalue weighted by Gasteiger charge is 2.32. The van der Waals surface area contributed by atoms with E-state index >= 15 is 0 Å². The van der Waals surface area contributed by atoms with Gasteiger partial charge in [0.2, 0.25) is 0 Å². The first-order chi connectivity index (χ1) is 8.93. The molecule has 2 aliphatic rings. The van der Waals surface area contributed by atoms with Crippen LogP contribution in [0.1, 0.15) is 12.0 Å². The van der Waals surface area contributed by atoms with E-state index in [4.69, 9.17) is 4.74 Å². The molecule has 0 saturated carbocycles. The summed E-state index contributed by atoms with van der Waals surface area (Å²) in [5.41, 5.74) is 1.30. The molecule has 1 N–H and O–H groups in total. The molecule has 0 unspecified atom stereocenters. The van der Waals surface area contributed by atoms with Crippen molar-refractivity contribution in [2.75, 3.05) is 32.8 Å². The van der Waals surface area contributed by atoms with Crippen LogP contribution in [0.3, 0.4) is 0 Å². The molecule has 2 fully saturated rings. The lowest BCUT2D eigenvalue weighted by Crippen LogP contribution is -2.51. The number of nitrogens with zero attached hydrogens (tertiary/aromatic N) is 2. The molecule has 2 aliphatic heterocycles. The van der Waals surface area contributed by atoms with Crippen LogP contribution in [0, 0.1) is 5.92 Å². The van der Waals surface area contributed by atoms with Crippen LogP contribution in [0.2, 0.25) is 0 Å². The minimum atomic E-state index is 0. The van der Waals surface area contributed by atoms with Gasteiger partial charge in [0.05, 0.1) is 13.2 Å². The van der Waals surface area contributed by atoms with E-state index in [1.54, 1.807) is 0 Å². The molecule has 0 aliphatic carbocycles. The lowest BCUT2D eigenvalue weighted by atomic mass is 9.92. The standard InChI is InChI=1S/C14H21N3O.2ClH/c1-2-12(8-15-4-1)10-17-6-7-18-11-13-3-5-16-9-14(13)17;;/h1-2,4,8,13-14,16H,3,5-7,9-11H2;2*1H/t13-,14-;;/m0../s1. The molecule has 3 heterocycles. The maximum atomic E-state index is 5.75. The van der Waals surface area contributed by atoms with Crippen LogP contribution in [0.15, 0.2) is 24.5 Å². The van der Waals surface area contributed by atoms with Gasteiger partial charge in [0, 0.05) is 44.0 Å². The van der Waals surface area contributed by atoms with Crippen molar-refractivity contribution < 1.29 is 4.74 Å². The highest BCUT2D eigenvalue weighted by molar-refractivity contribution is 5.85. The van der Waals surface area contributed by atoms with Crippen LogP contribution >= 0.6 is 24.8 Å². The van der Waals surface area contributed by atoms with E-state index < -0.39 is 0 Å². The Bertz CT molecular complexity index is 380. The van der Waals surface area contributed by atoms with Crippen molar-refractivity contribution in [3.8, 4) is 0 Å². The van der Waals surface area contributed by atoms with Gasteiger partial charge in [-0.15, -0.1) is 24.8 Å². The quantitative estimate of drug-likeness (QED) is 0.901. The average Bonchev–Trinajstić information content (AvgIpc) is 2.63. The molecule has 114 valence electrons. The SMILES string of the molecule is Cl.Cl.c1cncc(CN2CCOC[C@@H]3CCNC[C@@H]32)c1. The summed E-state index contributed by atoms with van der Waals surface area (Å²) in [4.78, 5) is 6.76. The number of ether oxygens (including phenoxy) is 1. The Morgan fingerprint density at radius 2 is 2.30 bits per heavy atom. The zero-order valence-electron chi connectivity index (χ0n) is 11.5. The summed E-state index contributed by atoms with van der Waals surface area (Å²) in [7, 11) is 0. The van der Waals surface area contributed by atoms with Gasteiger partial charge in [0.1, 0.15) is 0 Å². The van der Waals surface area contributed by atoms with Crippen molar-refractivity contribution in [3.63, 3.8) is 0 Å². The van der Waals surface area contributed by atoms with E-state index in [0.29, 0.717) is 12.0 Å². The highest BCUT2D eigenvalue weighted by atomic mass is 35.5.